The fourth-order valence-corrected chi connectivity index (χ4v) is 1.03. The quantitative estimate of drug-likeness (QED) is 0.644. The third-order valence-electron chi connectivity index (χ3n) is 1.44. The minimum Gasteiger partial charge on any atom is -0.244 e. The average Bonchev–Trinajstić information content (AvgIpc) is 2.19. The molecular weight excluding hydrogens is 188 g/mol. The smallest absolute Gasteiger partial charge is 0.163 e. The van der Waals surface area contributed by atoms with E-state index in [0.29, 0.717) is 11.0 Å². The van der Waals surface area contributed by atoms with E-state index in [1.807, 2.05) is 0 Å². The SMILES string of the molecule is Clc1ccnc(-c2cncnc2)n1. The maximum Gasteiger partial charge on any atom is 0.163 e. The van der Waals surface area contributed by atoms with Crippen LogP contribution in [0.1, 0.15) is 0 Å². The van der Waals surface area contributed by atoms with Gasteiger partial charge in [-0.25, -0.2) is 19.9 Å². The highest BCUT2D eigenvalue weighted by Gasteiger charge is 2.00. The Balaban J connectivity index is 2.48. The monoisotopic (exact) mass is 192 g/mol. The first kappa shape index (κ1) is 8.07. The van der Waals surface area contributed by atoms with Crippen molar-refractivity contribution in [3.05, 3.63) is 36.1 Å². The van der Waals surface area contributed by atoms with Crippen molar-refractivity contribution in [2.75, 3.05) is 0 Å². The van der Waals surface area contributed by atoms with Crippen LogP contribution >= 0.6 is 11.6 Å². The Hall–Kier alpha value is -1.55. The van der Waals surface area contributed by atoms with Crippen LogP contribution in [0.5, 0.6) is 0 Å². The summed E-state index contributed by atoms with van der Waals surface area (Å²) in [6, 6.07) is 1.62. The molecule has 0 N–H and O–H groups in total. The van der Waals surface area contributed by atoms with Crippen molar-refractivity contribution in [3.8, 4) is 11.4 Å². The minimum atomic E-state index is 0.411. The summed E-state index contributed by atoms with van der Waals surface area (Å²) in [5.74, 6) is 0.535. The topological polar surface area (TPSA) is 51.6 Å². The molecule has 0 saturated heterocycles. The summed E-state index contributed by atoms with van der Waals surface area (Å²) in [6.07, 6.45) is 6.32. The van der Waals surface area contributed by atoms with Crippen LogP contribution in [-0.4, -0.2) is 19.9 Å². The molecule has 0 spiro atoms. The van der Waals surface area contributed by atoms with Gasteiger partial charge in [0.25, 0.3) is 0 Å². The number of halogens is 1. The summed E-state index contributed by atoms with van der Waals surface area (Å²) in [4.78, 5) is 15.8. The second kappa shape index (κ2) is 3.45. The Bertz CT molecular complexity index is 404. The van der Waals surface area contributed by atoms with Gasteiger partial charge in [0, 0.05) is 18.6 Å². The van der Waals surface area contributed by atoms with Crippen LogP contribution in [0.15, 0.2) is 31.0 Å². The second-order valence-electron chi connectivity index (χ2n) is 2.33. The van der Waals surface area contributed by atoms with Gasteiger partial charge in [-0.2, -0.15) is 0 Å². The lowest BCUT2D eigenvalue weighted by Gasteiger charge is -1.97. The van der Waals surface area contributed by atoms with Gasteiger partial charge >= 0.3 is 0 Å². The molecule has 0 atom stereocenters. The van der Waals surface area contributed by atoms with Gasteiger partial charge in [-0.05, 0) is 6.07 Å². The highest BCUT2D eigenvalue weighted by atomic mass is 35.5. The van der Waals surface area contributed by atoms with E-state index < -0.39 is 0 Å². The van der Waals surface area contributed by atoms with Crippen LogP contribution in [0, 0.1) is 0 Å². The molecule has 2 aromatic rings. The van der Waals surface area contributed by atoms with Crippen molar-refractivity contribution < 1.29 is 0 Å². The molecule has 2 aromatic heterocycles. The van der Waals surface area contributed by atoms with E-state index in [1.165, 1.54) is 6.33 Å². The summed E-state index contributed by atoms with van der Waals surface area (Å²) in [5, 5.41) is 0.411. The highest BCUT2D eigenvalue weighted by molar-refractivity contribution is 6.29. The molecule has 0 amide bonds. The molecule has 5 heteroatoms. The standard InChI is InChI=1S/C8H5ClN4/c9-7-1-2-12-8(13-7)6-3-10-5-11-4-6/h1-5H. The number of aromatic nitrogens is 4. The molecule has 0 unspecified atom stereocenters. The van der Waals surface area contributed by atoms with Gasteiger partial charge in [-0.1, -0.05) is 11.6 Å². The van der Waals surface area contributed by atoms with Crippen molar-refractivity contribution in [2.24, 2.45) is 0 Å². The van der Waals surface area contributed by atoms with E-state index in [1.54, 1.807) is 24.7 Å². The zero-order valence-electron chi connectivity index (χ0n) is 6.55. The van der Waals surface area contributed by atoms with Gasteiger partial charge in [-0.15, -0.1) is 0 Å². The largest absolute Gasteiger partial charge is 0.244 e. The highest BCUT2D eigenvalue weighted by Crippen LogP contribution is 2.12. The summed E-state index contributed by atoms with van der Waals surface area (Å²) in [5.41, 5.74) is 0.755. The zero-order valence-corrected chi connectivity index (χ0v) is 7.31. The molecule has 0 bridgehead atoms. The Morgan fingerprint density at radius 1 is 1.15 bits per heavy atom. The van der Waals surface area contributed by atoms with Crippen LogP contribution in [0.4, 0.5) is 0 Å². The van der Waals surface area contributed by atoms with Crippen LogP contribution < -0.4 is 0 Å². The first-order valence-electron chi connectivity index (χ1n) is 3.60. The molecule has 0 aliphatic rings. The van der Waals surface area contributed by atoms with Gasteiger partial charge in [0.15, 0.2) is 5.82 Å². The maximum atomic E-state index is 5.70. The lowest BCUT2D eigenvalue weighted by Crippen LogP contribution is -1.89. The number of hydrogen-bond donors (Lipinski definition) is 0. The third-order valence-corrected chi connectivity index (χ3v) is 1.65. The van der Waals surface area contributed by atoms with Gasteiger partial charge in [0.1, 0.15) is 11.5 Å². The first-order valence-corrected chi connectivity index (χ1v) is 3.98. The Labute approximate surface area is 79.7 Å². The van der Waals surface area contributed by atoms with Crippen LogP contribution in [0.25, 0.3) is 11.4 Å². The molecule has 0 aliphatic heterocycles. The lowest BCUT2D eigenvalue weighted by molar-refractivity contribution is 1.12. The number of rotatable bonds is 1. The summed E-state index contributed by atoms with van der Waals surface area (Å²) >= 11 is 5.70. The van der Waals surface area contributed by atoms with Gasteiger partial charge in [0.05, 0.1) is 5.56 Å². The second-order valence-corrected chi connectivity index (χ2v) is 2.72. The summed E-state index contributed by atoms with van der Waals surface area (Å²) in [7, 11) is 0. The first-order chi connectivity index (χ1) is 6.36. The Morgan fingerprint density at radius 2 is 1.92 bits per heavy atom. The molecule has 13 heavy (non-hydrogen) atoms. The Kier molecular flexibility index (Phi) is 2.14. The molecule has 0 aromatic carbocycles. The molecule has 0 saturated carbocycles. The van der Waals surface area contributed by atoms with Gasteiger partial charge in [0.2, 0.25) is 0 Å². The normalized spacial score (nSPS) is 9.92. The fraction of sp³-hybridized carbons (Fsp3) is 0. The zero-order chi connectivity index (χ0) is 9.10. The molecule has 2 heterocycles. The van der Waals surface area contributed by atoms with Gasteiger partial charge in [-0.3, -0.25) is 0 Å². The van der Waals surface area contributed by atoms with Crippen molar-refractivity contribution >= 4 is 11.6 Å². The van der Waals surface area contributed by atoms with E-state index in [4.69, 9.17) is 11.6 Å². The van der Waals surface area contributed by atoms with E-state index in [0.717, 1.165) is 5.56 Å². The van der Waals surface area contributed by atoms with Crippen molar-refractivity contribution in [1.82, 2.24) is 19.9 Å². The predicted octanol–water partition coefficient (Wildman–Crippen LogP) is 1.59. The average molecular weight is 193 g/mol. The Morgan fingerprint density at radius 3 is 2.62 bits per heavy atom. The van der Waals surface area contributed by atoms with Crippen molar-refractivity contribution in [3.63, 3.8) is 0 Å². The van der Waals surface area contributed by atoms with Crippen molar-refractivity contribution in [1.29, 1.82) is 0 Å². The molecule has 64 valence electrons. The van der Waals surface area contributed by atoms with E-state index in [9.17, 15) is 0 Å². The molecule has 2 rings (SSSR count). The summed E-state index contributed by atoms with van der Waals surface area (Å²) < 4.78 is 0. The van der Waals surface area contributed by atoms with Crippen molar-refractivity contribution in [2.45, 2.75) is 0 Å². The maximum absolute atomic E-state index is 5.70. The van der Waals surface area contributed by atoms with Gasteiger partial charge < -0.3 is 0 Å². The van der Waals surface area contributed by atoms with Crippen LogP contribution in [0.3, 0.4) is 0 Å². The summed E-state index contributed by atoms with van der Waals surface area (Å²) in [6.45, 7) is 0. The predicted molar refractivity (Wildman–Crippen MR) is 48.1 cm³/mol. The van der Waals surface area contributed by atoms with E-state index >= 15 is 0 Å². The molecule has 0 radical (unpaired) electrons. The molecule has 0 fully saturated rings. The van der Waals surface area contributed by atoms with Crippen LogP contribution in [-0.2, 0) is 0 Å². The molecule has 4 nitrogen and oxygen atoms in total. The van der Waals surface area contributed by atoms with Crippen LogP contribution in [0.2, 0.25) is 5.15 Å². The van der Waals surface area contributed by atoms with E-state index in [2.05, 4.69) is 19.9 Å². The molecular formula is C8H5ClN4. The number of nitrogens with zero attached hydrogens (tertiary/aromatic N) is 4. The third kappa shape index (κ3) is 1.78. The fourth-order valence-electron chi connectivity index (χ4n) is 0.890. The molecule has 0 aliphatic carbocycles. The lowest BCUT2D eigenvalue weighted by atomic mass is 10.3. The minimum absolute atomic E-state index is 0.411. The number of hydrogen-bond acceptors (Lipinski definition) is 4. The van der Waals surface area contributed by atoms with E-state index in [-0.39, 0.29) is 0 Å².